The second kappa shape index (κ2) is 9.15. The molecule has 0 aliphatic rings. The summed E-state index contributed by atoms with van der Waals surface area (Å²) in [6, 6.07) is 6.32. The Morgan fingerprint density at radius 3 is 2.36 bits per heavy atom. The second-order valence-corrected chi connectivity index (χ2v) is 5.14. The maximum Gasteiger partial charge on any atom is 0.333 e. The number of Topliss-reactive ketones (excluding diaryl/α,β-unsaturated/α-hetero) is 1. The van der Waals surface area contributed by atoms with E-state index in [9.17, 15) is 14.4 Å². The molecule has 1 aromatic carbocycles. The van der Waals surface area contributed by atoms with Gasteiger partial charge in [0, 0.05) is 17.6 Å². The van der Waals surface area contributed by atoms with Crippen LogP contribution in [0.4, 0.5) is 0 Å². The zero-order valence-electron chi connectivity index (χ0n) is 12.3. The second-order valence-electron chi connectivity index (χ2n) is 4.58. The standard InChI is InChI=1S/C16H17BrO5/c1-11(2)16(20)21-9-3-4-15(19)22-13-7-5-12(6-8-13)14(18)10-17/h5-8H,1,3-4,9-10H2,2H3. The van der Waals surface area contributed by atoms with Crippen molar-refractivity contribution in [2.24, 2.45) is 0 Å². The van der Waals surface area contributed by atoms with Gasteiger partial charge in [-0.25, -0.2) is 4.79 Å². The van der Waals surface area contributed by atoms with Crippen molar-refractivity contribution >= 4 is 33.7 Å². The highest BCUT2D eigenvalue weighted by Crippen LogP contribution is 2.14. The van der Waals surface area contributed by atoms with E-state index in [1.54, 1.807) is 31.2 Å². The normalized spacial score (nSPS) is 9.91. The van der Waals surface area contributed by atoms with Crippen molar-refractivity contribution in [2.45, 2.75) is 19.8 Å². The maximum absolute atomic E-state index is 11.6. The Balaban J connectivity index is 2.34. The molecular weight excluding hydrogens is 352 g/mol. The Labute approximate surface area is 137 Å². The lowest BCUT2D eigenvalue weighted by molar-refractivity contribution is -0.141. The number of rotatable bonds is 8. The molecule has 0 N–H and O–H groups in total. The summed E-state index contributed by atoms with van der Waals surface area (Å²) in [4.78, 5) is 34.2. The van der Waals surface area contributed by atoms with E-state index in [2.05, 4.69) is 22.5 Å². The highest BCUT2D eigenvalue weighted by molar-refractivity contribution is 9.09. The molecule has 1 rings (SSSR count). The van der Waals surface area contributed by atoms with E-state index in [1.807, 2.05) is 0 Å². The third-order valence-corrected chi connectivity index (χ3v) is 3.15. The number of esters is 2. The molecule has 0 saturated carbocycles. The smallest absolute Gasteiger partial charge is 0.333 e. The minimum atomic E-state index is -0.472. The molecule has 0 saturated heterocycles. The lowest BCUT2D eigenvalue weighted by Crippen LogP contribution is -2.11. The number of hydrogen-bond donors (Lipinski definition) is 0. The number of carbonyl (C=O) groups is 3. The summed E-state index contributed by atoms with van der Waals surface area (Å²) in [6.45, 7) is 5.15. The van der Waals surface area contributed by atoms with Gasteiger partial charge in [0.15, 0.2) is 5.78 Å². The Bertz CT molecular complexity index is 562. The minimum Gasteiger partial charge on any atom is -0.462 e. The highest BCUT2D eigenvalue weighted by Gasteiger charge is 2.08. The van der Waals surface area contributed by atoms with Crippen LogP contribution in [0.15, 0.2) is 36.4 Å². The average Bonchev–Trinajstić information content (AvgIpc) is 2.51. The lowest BCUT2D eigenvalue weighted by atomic mass is 10.1. The van der Waals surface area contributed by atoms with E-state index in [1.165, 1.54) is 0 Å². The van der Waals surface area contributed by atoms with E-state index >= 15 is 0 Å². The van der Waals surface area contributed by atoms with Crippen molar-refractivity contribution < 1.29 is 23.9 Å². The van der Waals surface area contributed by atoms with Gasteiger partial charge in [-0.1, -0.05) is 22.5 Å². The SMILES string of the molecule is C=C(C)C(=O)OCCCC(=O)Oc1ccc(C(=O)CBr)cc1. The van der Waals surface area contributed by atoms with Crippen LogP contribution in [0.1, 0.15) is 30.1 Å². The minimum absolute atomic E-state index is 0.0443. The van der Waals surface area contributed by atoms with Crippen LogP contribution in [0.2, 0.25) is 0 Å². The van der Waals surface area contributed by atoms with E-state index in [0.717, 1.165) is 0 Å². The average molecular weight is 369 g/mol. The van der Waals surface area contributed by atoms with Crippen LogP contribution in [0.25, 0.3) is 0 Å². The summed E-state index contributed by atoms with van der Waals surface area (Å²) < 4.78 is 9.99. The first-order chi connectivity index (χ1) is 10.4. The van der Waals surface area contributed by atoms with E-state index in [-0.39, 0.29) is 24.1 Å². The number of hydrogen-bond acceptors (Lipinski definition) is 5. The third kappa shape index (κ3) is 6.22. The maximum atomic E-state index is 11.6. The molecule has 0 aliphatic carbocycles. The Hall–Kier alpha value is -1.95. The fourth-order valence-corrected chi connectivity index (χ4v) is 1.80. The van der Waals surface area contributed by atoms with Gasteiger partial charge in [0.25, 0.3) is 0 Å². The molecule has 6 heteroatoms. The van der Waals surface area contributed by atoms with Crippen molar-refractivity contribution in [3.05, 3.63) is 42.0 Å². The van der Waals surface area contributed by atoms with Crippen molar-refractivity contribution in [3.63, 3.8) is 0 Å². The topological polar surface area (TPSA) is 69.7 Å². The van der Waals surface area contributed by atoms with Gasteiger partial charge in [-0.2, -0.15) is 0 Å². The first-order valence-electron chi connectivity index (χ1n) is 6.66. The molecule has 0 amide bonds. The van der Waals surface area contributed by atoms with Crippen LogP contribution in [-0.4, -0.2) is 29.7 Å². The van der Waals surface area contributed by atoms with E-state index in [0.29, 0.717) is 23.3 Å². The van der Waals surface area contributed by atoms with Gasteiger partial charge in [0.1, 0.15) is 5.75 Å². The van der Waals surface area contributed by atoms with Crippen molar-refractivity contribution in [3.8, 4) is 5.75 Å². The first-order valence-corrected chi connectivity index (χ1v) is 7.78. The summed E-state index contributed by atoms with van der Waals surface area (Å²) in [6.07, 6.45) is 0.504. The highest BCUT2D eigenvalue weighted by atomic mass is 79.9. The van der Waals surface area contributed by atoms with Crippen LogP contribution < -0.4 is 4.74 Å². The number of ether oxygens (including phenoxy) is 2. The Morgan fingerprint density at radius 2 is 1.82 bits per heavy atom. The summed E-state index contributed by atoms with van der Waals surface area (Å²) in [5, 5.41) is 0.245. The van der Waals surface area contributed by atoms with Gasteiger partial charge in [-0.3, -0.25) is 9.59 Å². The van der Waals surface area contributed by atoms with Crippen molar-refractivity contribution in [2.75, 3.05) is 11.9 Å². The number of ketones is 1. The van der Waals surface area contributed by atoms with Gasteiger partial charge < -0.3 is 9.47 Å². The predicted octanol–water partition coefficient (Wildman–Crippen LogP) is 3.07. The Kier molecular flexibility index (Phi) is 7.52. The van der Waals surface area contributed by atoms with E-state index in [4.69, 9.17) is 9.47 Å². The first kappa shape index (κ1) is 18.1. The van der Waals surface area contributed by atoms with Crippen LogP contribution in [0, 0.1) is 0 Å². The van der Waals surface area contributed by atoms with Gasteiger partial charge in [-0.15, -0.1) is 0 Å². The molecule has 0 aromatic heterocycles. The Morgan fingerprint density at radius 1 is 1.18 bits per heavy atom. The quantitative estimate of drug-likeness (QED) is 0.176. The largest absolute Gasteiger partial charge is 0.462 e. The summed E-state index contributed by atoms with van der Waals surface area (Å²) in [5.74, 6) is -0.571. The molecule has 0 bridgehead atoms. The zero-order chi connectivity index (χ0) is 16.5. The van der Waals surface area contributed by atoms with Crippen LogP contribution in [0.5, 0.6) is 5.75 Å². The zero-order valence-corrected chi connectivity index (χ0v) is 13.9. The molecule has 0 atom stereocenters. The summed E-state index contributed by atoms with van der Waals surface area (Å²) in [5.41, 5.74) is 0.865. The molecule has 0 unspecified atom stereocenters. The lowest BCUT2D eigenvalue weighted by Gasteiger charge is -2.06. The molecule has 5 nitrogen and oxygen atoms in total. The molecule has 22 heavy (non-hydrogen) atoms. The van der Waals surface area contributed by atoms with Crippen molar-refractivity contribution in [1.82, 2.24) is 0 Å². The van der Waals surface area contributed by atoms with Gasteiger partial charge >= 0.3 is 11.9 Å². The molecule has 0 spiro atoms. The molecule has 118 valence electrons. The molecule has 0 radical (unpaired) electrons. The molecule has 1 aromatic rings. The summed E-state index contributed by atoms with van der Waals surface area (Å²) >= 11 is 3.09. The number of alkyl halides is 1. The van der Waals surface area contributed by atoms with Crippen LogP contribution in [0.3, 0.4) is 0 Å². The molecule has 0 heterocycles. The predicted molar refractivity (Wildman–Crippen MR) is 85.2 cm³/mol. The fourth-order valence-electron chi connectivity index (χ4n) is 1.47. The van der Waals surface area contributed by atoms with Gasteiger partial charge in [0.05, 0.1) is 11.9 Å². The number of benzene rings is 1. The van der Waals surface area contributed by atoms with Crippen LogP contribution >= 0.6 is 15.9 Å². The fraction of sp³-hybridized carbons (Fsp3) is 0.312. The summed E-state index contributed by atoms with van der Waals surface area (Å²) in [7, 11) is 0. The number of carbonyl (C=O) groups excluding carboxylic acids is 3. The molecule has 0 aliphatic heterocycles. The monoisotopic (exact) mass is 368 g/mol. The van der Waals surface area contributed by atoms with Gasteiger partial charge in [-0.05, 0) is 37.6 Å². The number of halogens is 1. The van der Waals surface area contributed by atoms with E-state index < -0.39 is 11.9 Å². The molecule has 0 fully saturated rings. The van der Waals surface area contributed by atoms with Crippen molar-refractivity contribution in [1.29, 1.82) is 0 Å². The molecular formula is C16H17BrO5. The van der Waals surface area contributed by atoms with Gasteiger partial charge in [0.2, 0.25) is 0 Å². The third-order valence-electron chi connectivity index (χ3n) is 2.64. The van der Waals surface area contributed by atoms with Crippen LogP contribution in [-0.2, 0) is 14.3 Å².